The first-order chi connectivity index (χ1) is 14.3. The van der Waals surface area contributed by atoms with Crippen molar-refractivity contribution < 1.29 is 18.0 Å². The number of urea groups is 1. The number of anilines is 1. The van der Waals surface area contributed by atoms with Crippen LogP contribution in [0.1, 0.15) is 24.2 Å². The number of carbonyl (C=O) groups excluding carboxylic acids is 1. The van der Waals surface area contributed by atoms with E-state index < -0.39 is 11.7 Å². The Bertz CT molecular complexity index is 1030. The lowest BCUT2D eigenvalue weighted by Crippen LogP contribution is -2.41. The van der Waals surface area contributed by atoms with E-state index in [9.17, 15) is 18.0 Å². The number of benzene rings is 2. The van der Waals surface area contributed by atoms with Crippen LogP contribution in [0.25, 0.3) is 11.0 Å². The summed E-state index contributed by atoms with van der Waals surface area (Å²) in [5.74, 6) is 1.43. The number of amides is 2. The summed E-state index contributed by atoms with van der Waals surface area (Å²) in [4.78, 5) is 18.8. The van der Waals surface area contributed by atoms with E-state index in [4.69, 9.17) is 0 Å². The largest absolute Gasteiger partial charge is 0.416 e. The Labute approximate surface area is 172 Å². The van der Waals surface area contributed by atoms with Crippen LogP contribution in [0.15, 0.2) is 48.5 Å². The first-order valence-corrected chi connectivity index (χ1v) is 9.96. The number of halogens is 3. The van der Waals surface area contributed by atoms with Gasteiger partial charge in [-0.2, -0.15) is 13.2 Å². The standard InChI is InChI=1S/C22H23F3N4O/c1-15-26-19-4-2-3-5-20(19)29(15)14-16-10-12-28(13-11-16)21(30)27-18-8-6-17(7-9-18)22(23,24)25/h2-9,16H,10-14H2,1H3,(H,27,30). The van der Waals surface area contributed by atoms with Gasteiger partial charge >= 0.3 is 12.2 Å². The van der Waals surface area contributed by atoms with Gasteiger partial charge in [0.2, 0.25) is 0 Å². The van der Waals surface area contributed by atoms with Crippen LogP contribution in [0.5, 0.6) is 0 Å². The maximum Gasteiger partial charge on any atom is 0.416 e. The number of aryl methyl sites for hydroxylation is 1. The number of hydrogen-bond donors (Lipinski definition) is 1. The number of piperidine rings is 1. The highest BCUT2D eigenvalue weighted by molar-refractivity contribution is 5.89. The lowest BCUT2D eigenvalue weighted by molar-refractivity contribution is -0.137. The van der Waals surface area contributed by atoms with Crippen molar-refractivity contribution in [3.63, 3.8) is 0 Å². The molecule has 1 aliphatic rings. The van der Waals surface area contributed by atoms with E-state index >= 15 is 0 Å². The Hall–Kier alpha value is -3.03. The summed E-state index contributed by atoms with van der Waals surface area (Å²) in [6, 6.07) is 12.3. The molecule has 2 heterocycles. The van der Waals surface area contributed by atoms with E-state index in [1.165, 1.54) is 12.1 Å². The second-order valence-corrected chi connectivity index (χ2v) is 7.69. The molecule has 0 unspecified atom stereocenters. The van der Waals surface area contributed by atoms with Crippen molar-refractivity contribution in [1.29, 1.82) is 0 Å². The zero-order valence-corrected chi connectivity index (χ0v) is 16.6. The highest BCUT2D eigenvalue weighted by Gasteiger charge is 2.30. The van der Waals surface area contributed by atoms with Crippen molar-refractivity contribution in [1.82, 2.24) is 14.5 Å². The summed E-state index contributed by atoms with van der Waals surface area (Å²) in [5, 5.41) is 2.69. The Kier molecular flexibility index (Phi) is 5.40. The van der Waals surface area contributed by atoms with Gasteiger partial charge in [-0.05, 0) is 62.1 Å². The molecule has 158 valence electrons. The second kappa shape index (κ2) is 8.01. The van der Waals surface area contributed by atoms with Crippen molar-refractivity contribution in [2.45, 2.75) is 32.5 Å². The van der Waals surface area contributed by atoms with Gasteiger partial charge < -0.3 is 14.8 Å². The number of para-hydroxylation sites is 2. The Morgan fingerprint density at radius 2 is 1.77 bits per heavy atom. The summed E-state index contributed by atoms with van der Waals surface area (Å²) in [6.45, 7) is 4.10. The van der Waals surface area contributed by atoms with Gasteiger partial charge in [0.1, 0.15) is 5.82 Å². The van der Waals surface area contributed by atoms with Crippen molar-refractivity contribution >= 4 is 22.8 Å². The number of nitrogens with one attached hydrogen (secondary N) is 1. The molecule has 0 saturated carbocycles. The predicted octanol–water partition coefficient (Wildman–Crippen LogP) is 5.31. The average Bonchev–Trinajstić information content (AvgIpc) is 3.03. The van der Waals surface area contributed by atoms with E-state index in [0.717, 1.165) is 48.4 Å². The lowest BCUT2D eigenvalue weighted by Gasteiger charge is -2.32. The number of hydrogen-bond acceptors (Lipinski definition) is 2. The van der Waals surface area contributed by atoms with Crippen LogP contribution in [0.2, 0.25) is 0 Å². The SMILES string of the molecule is Cc1nc2ccccc2n1CC1CCN(C(=O)Nc2ccc(C(F)(F)F)cc2)CC1. The monoisotopic (exact) mass is 416 g/mol. The van der Waals surface area contributed by atoms with Crippen molar-refractivity contribution in [3.8, 4) is 0 Å². The lowest BCUT2D eigenvalue weighted by atomic mass is 9.96. The Morgan fingerprint density at radius 3 is 2.43 bits per heavy atom. The van der Waals surface area contributed by atoms with Gasteiger partial charge in [0, 0.05) is 25.3 Å². The highest BCUT2D eigenvalue weighted by atomic mass is 19.4. The maximum atomic E-state index is 12.7. The molecule has 1 aliphatic heterocycles. The molecule has 2 amide bonds. The topological polar surface area (TPSA) is 50.2 Å². The number of imidazole rings is 1. The molecule has 0 radical (unpaired) electrons. The van der Waals surface area contributed by atoms with Gasteiger partial charge in [-0.25, -0.2) is 9.78 Å². The molecule has 0 bridgehead atoms. The molecule has 8 heteroatoms. The van der Waals surface area contributed by atoms with Gasteiger partial charge in [0.05, 0.1) is 16.6 Å². The van der Waals surface area contributed by atoms with Crippen LogP contribution < -0.4 is 5.32 Å². The Balaban J connectivity index is 1.33. The predicted molar refractivity (Wildman–Crippen MR) is 109 cm³/mol. The van der Waals surface area contributed by atoms with Gasteiger partial charge in [-0.3, -0.25) is 0 Å². The summed E-state index contributed by atoms with van der Waals surface area (Å²) >= 11 is 0. The van der Waals surface area contributed by atoms with Crippen molar-refractivity contribution in [2.24, 2.45) is 5.92 Å². The molecule has 4 rings (SSSR count). The number of nitrogens with zero attached hydrogens (tertiary/aromatic N) is 3. The molecule has 0 spiro atoms. The molecule has 5 nitrogen and oxygen atoms in total. The van der Waals surface area contributed by atoms with E-state index in [1.54, 1.807) is 4.90 Å². The third-order valence-electron chi connectivity index (χ3n) is 5.65. The minimum atomic E-state index is -4.39. The first-order valence-electron chi connectivity index (χ1n) is 9.96. The zero-order chi connectivity index (χ0) is 21.3. The Morgan fingerprint density at radius 1 is 1.10 bits per heavy atom. The molecule has 1 aromatic heterocycles. The summed E-state index contributed by atoms with van der Waals surface area (Å²) in [5.41, 5.74) is 1.74. The van der Waals surface area contributed by atoms with E-state index in [0.29, 0.717) is 24.7 Å². The number of alkyl halides is 3. The van der Waals surface area contributed by atoms with Crippen molar-refractivity contribution in [3.05, 3.63) is 59.9 Å². The minimum Gasteiger partial charge on any atom is -0.328 e. The fraction of sp³-hybridized carbons (Fsp3) is 0.364. The highest BCUT2D eigenvalue weighted by Crippen LogP contribution is 2.30. The van der Waals surface area contributed by atoms with Gasteiger partial charge in [-0.1, -0.05) is 12.1 Å². The smallest absolute Gasteiger partial charge is 0.328 e. The third kappa shape index (κ3) is 4.27. The maximum absolute atomic E-state index is 12.7. The van der Waals surface area contributed by atoms with Crippen molar-refractivity contribution in [2.75, 3.05) is 18.4 Å². The number of aromatic nitrogens is 2. The summed E-state index contributed by atoms with van der Waals surface area (Å²) in [6.07, 6.45) is -2.65. The average molecular weight is 416 g/mol. The molecule has 3 aromatic rings. The normalized spacial score (nSPS) is 15.5. The van der Waals surface area contributed by atoms with Crippen LogP contribution in [-0.2, 0) is 12.7 Å². The summed E-state index contributed by atoms with van der Waals surface area (Å²) in [7, 11) is 0. The van der Waals surface area contributed by atoms with Gasteiger partial charge in [0.15, 0.2) is 0 Å². The molecule has 1 N–H and O–H groups in total. The van der Waals surface area contributed by atoms with E-state index in [-0.39, 0.29) is 6.03 Å². The molecule has 30 heavy (non-hydrogen) atoms. The van der Waals surface area contributed by atoms with E-state index in [2.05, 4.69) is 20.9 Å². The first kappa shape index (κ1) is 20.3. The number of rotatable bonds is 3. The number of fused-ring (bicyclic) bond motifs is 1. The molecular formula is C22H23F3N4O. The second-order valence-electron chi connectivity index (χ2n) is 7.69. The molecule has 0 atom stereocenters. The fourth-order valence-electron chi connectivity index (χ4n) is 3.95. The van der Waals surface area contributed by atoms with Crippen LogP contribution in [0, 0.1) is 12.8 Å². The molecular weight excluding hydrogens is 393 g/mol. The van der Waals surface area contributed by atoms with Crippen LogP contribution in [0.3, 0.4) is 0 Å². The quantitative estimate of drug-likeness (QED) is 0.629. The summed E-state index contributed by atoms with van der Waals surface area (Å²) < 4.78 is 40.2. The van der Waals surface area contributed by atoms with Crippen LogP contribution >= 0.6 is 0 Å². The molecule has 1 fully saturated rings. The minimum absolute atomic E-state index is 0.280. The number of carbonyl (C=O) groups is 1. The third-order valence-corrected chi connectivity index (χ3v) is 5.65. The van der Waals surface area contributed by atoms with Gasteiger partial charge in [-0.15, -0.1) is 0 Å². The zero-order valence-electron chi connectivity index (χ0n) is 16.6. The van der Waals surface area contributed by atoms with Gasteiger partial charge in [0.25, 0.3) is 0 Å². The number of likely N-dealkylation sites (tertiary alicyclic amines) is 1. The van der Waals surface area contributed by atoms with Crippen LogP contribution in [-0.4, -0.2) is 33.6 Å². The molecule has 0 aliphatic carbocycles. The molecule has 2 aromatic carbocycles. The van der Waals surface area contributed by atoms with Crippen LogP contribution in [0.4, 0.5) is 23.7 Å². The fourth-order valence-corrected chi connectivity index (χ4v) is 3.95. The van der Waals surface area contributed by atoms with E-state index in [1.807, 2.05) is 25.1 Å². The molecule has 1 saturated heterocycles.